The summed E-state index contributed by atoms with van der Waals surface area (Å²) in [6.45, 7) is 1.01. The molecular formula is C18H22N2O3S. The van der Waals surface area contributed by atoms with E-state index in [4.69, 9.17) is 4.74 Å². The summed E-state index contributed by atoms with van der Waals surface area (Å²) >= 11 is 0. The highest BCUT2D eigenvalue weighted by Crippen LogP contribution is 2.17. The molecule has 0 saturated carbocycles. The second kappa shape index (κ2) is 9.72. The number of rotatable bonds is 8. The topological polar surface area (TPSA) is 67.4 Å². The van der Waals surface area contributed by atoms with Crippen LogP contribution in [0.25, 0.3) is 0 Å². The van der Waals surface area contributed by atoms with E-state index >= 15 is 0 Å². The van der Waals surface area contributed by atoms with Crippen LogP contribution < -0.4 is 15.4 Å². The van der Waals surface area contributed by atoms with Gasteiger partial charge in [0.25, 0.3) is 0 Å². The number of hydrogen-bond acceptors (Lipinski definition) is 3. The lowest BCUT2D eigenvalue weighted by molar-refractivity contribution is 0.252. The molecule has 0 spiro atoms. The molecular weight excluding hydrogens is 324 g/mol. The van der Waals surface area contributed by atoms with Crippen molar-refractivity contribution in [2.24, 2.45) is 0 Å². The van der Waals surface area contributed by atoms with Crippen LogP contribution in [0.4, 0.5) is 10.5 Å². The van der Waals surface area contributed by atoms with Gasteiger partial charge in [0.1, 0.15) is 12.4 Å². The van der Waals surface area contributed by atoms with Crippen LogP contribution in [0.15, 0.2) is 54.6 Å². The molecule has 0 aliphatic rings. The van der Waals surface area contributed by atoms with Crippen LogP contribution in [-0.2, 0) is 17.4 Å². The fourth-order valence-electron chi connectivity index (χ4n) is 2.03. The molecule has 2 aromatic rings. The van der Waals surface area contributed by atoms with Gasteiger partial charge in [0, 0.05) is 35.0 Å². The Morgan fingerprint density at radius 2 is 1.79 bits per heavy atom. The van der Waals surface area contributed by atoms with Crippen LogP contribution in [0, 0.1) is 0 Å². The van der Waals surface area contributed by atoms with E-state index in [-0.39, 0.29) is 6.03 Å². The zero-order valence-corrected chi connectivity index (χ0v) is 14.5. The summed E-state index contributed by atoms with van der Waals surface area (Å²) in [5, 5.41) is 5.48. The van der Waals surface area contributed by atoms with Gasteiger partial charge in [-0.2, -0.15) is 0 Å². The van der Waals surface area contributed by atoms with Gasteiger partial charge >= 0.3 is 6.03 Å². The highest BCUT2D eigenvalue weighted by atomic mass is 32.2. The molecule has 24 heavy (non-hydrogen) atoms. The van der Waals surface area contributed by atoms with Gasteiger partial charge in [-0.05, 0) is 36.2 Å². The Bertz CT molecular complexity index is 660. The van der Waals surface area contributed by atoms with Gasteiger partial charge in [0.05, 0.1) is 0 Å². The van der Waals surface area contributed by atoms with Gasteiger partial charge in [-0.1, -0.05) is 30.3 Å². The zero-order valence-electron chi connectivity index (χ0n) is 13.7. The summed E-state index contributed by atoms with van der Waals surface area (Å²) < 4.78 is 16.6. The summed E-state index contributed by atoms with van der Waals surface area (Å²) in [6, 6.07) is 16.9. The van der Waals surface area contributed by atoms with Gasteiger partial charge < -0.3 is 15.4 Å². The monoisotopic (exact) mass is 346 g/mol. The lowest BCUT2D eigenvalue weighted by Crippen LogP contribution is -2.30. The molecule has 0 radical (unpaired) electrons. The first-order chi connectivity index (χ1) is 11.6. The molecule has 1 atom stereocenters. The summed E-state index contributed by atoms with van der Waals surface area (Å²) in [5.74, 6) is 1.34. The maximum absolute atomic E-state index is 11.7. The first-order valence-electron chi connectivity index (χ1n) is 7.75. The maximum atomic E-state index is 11.7. The van der Waals surface area contributed by atoms with E-state index in [1.165, 1.54) is 0 Å². The molecule has 0 aliphatic heterocycles. The molecule has 5 nitrogen and oxygen atoms in total. The minimum atomic E-state index is -0.823. The molecule has 0 aromatic heterocycles. The van der Waals surface area contributed by atoms with Gasteiger partial charge in [-0.25, -0.2) is 4.79 Å². The molecule has 2 aromatic carbocycles. The van der Waals surface area contributed by atoms with E-state index in [9.17, 15) is 9.00 Å². The number of benzene rings is 2. The van der Waals surface area contributed by atoms with Crippen molar-refractivity contribution in [1.82, 2.24) is 5.32 Å². The number of carbonyl (C=O) groups is 1. The van der Waals surface area contributed by atoms with E-state index in [0.717, 1.165) is 11.3 Å². The number of nitrogens with one attached hydrogen (secondary N) is 2. The van der Waals surface area contributed by atoms with Crippen LogP contribution in [0.2, 0.25) is 0 Å². The van der Waals surface area contributed by atoms with Crippen LogP contribution in [0.5, 0.6) is 5.75 Å². The maximum Gasteiger partial charge on any atom is 0.319 e. The largest absolute Gasteiger partial charge is 0.489 e. The number of urea groups is 1. The number of carbonyl (C=O) groups excluding carboxylic acids is 1. The normalized spacial score (nSPS) is 11.5. The van der Waals surface area contributed by atoms with E-state index in [2.05, 4.69) is 10.6 Å². The first kappa shape index (κ1) is 18.0. The number of amides is 2. The van der Waals surface area contributed by atoms with Crippen molar-refractivity contribution in [3.63, 3.8) is 0 Å². The predicted octanol–water partition coefficient (Wildman–Crippen LogP) is 3.16. The average Bonchev–Trinajstić information content (AvgIpc) is 2.59. The van der Waals surface area contributed by atoms with Crippen LogP contribution in [-0.4, -0.2) is 28.8 Å². The molecule has 2 rings (SSSR count). The molecule has 6 heteroatoms. The molecule has 0 bridgehead atoms. The molecule has 0 heterocycles. The molecule has 0 fully saturated rings. The Labute approximate surface area is 144 Å². The number of ether oxygens (including phenoxy) is 1. The fourth-order valence-corrected chi connectivity index (χ4v) is 2.58. The van der Waals surface area contributed by atoms with Crippen molar-refractivity contribution in [3.8, 4) is 5.75 Å². The van der Waals surface area contributed by atoms with Crippen molar-refractivity contribution in [1.29, 1.82) is 0 Å². The summed E-state index contributed by atoms with van der Waals surface area (Å²) in [4.78, 5) is 11.7. The Morgan fingerprint density at radius 1 is 1.08 bits per heavy atom. The number of anilines is 1. The summed E-state index contributed by atoms with van der Waals surface area (Å²) in [5.41, 5.74) is 1.80. The van der Waals surface area contributed by atoms with Crippen molar-refractivity contribution in [2.45, 2.75) is 13.0 Å². The lowest BCUT2D eigenvalue weighted by Gasteiger charge is -2.09. The van der Waals surface area contributed by atoms with Gasteiger partial charge in [-0.3, -0.25) is 4.21 Å². The SMILES string of the molecule is C[S@](=O)CCCNC(=O)Nc1ccc(OCc2ccccc2)cc1. The van der Waals surface area contributed by atoms with Crippen molar-refractivity contribution in [2.75, 3.05) is 23.9 Å². The Morgan fingerprint density at radius 3 is 2.46 bits per heavy atom. The average molecular weight is 346 g/mol. The molecule has 128 valence electrons. The number of hydrogen-bond donors (Lipinski definition) is 2. The smallest absolute Gasteiger partial charge is 0.319 e. The third-order valence-electron chi connectivity index (χ3n) is 3.25. The van der Waals surface area contributed by atoms with Gasteiger partial charge in [0.15, 0.2) is 0 Å². The van der Waals surface area contributed by atoms with Crippen LogP contribution >= 0.6 is 0 Å². The minimum Gasteiger partial charge on any atom is -0.489 e. The Hall–Kier alpha value is -2.34. The van der Waals surface area contributed by atoms with Crippen molar-refractivity contribution >= 4 is 22.5 Å². The molecule has 0 saturated heterocycles. The van der Waals surface area contributed by atoms with E-state index < -0.39 is 10.8 Å². The first-order valence-corrected chi connectivity index (χ1v) is 9.48. The molecule has 2 amide bonds. The quantitative estimate of drug-likeness (QED) is 0.722. The van der Waals surface area contributed by atoms with E-state index in [1.807, 2.05) is 42.5 Å². The highest BCUT2D eigenvalue weighted by molar-refractivity contribution is 7.84. The third-order valence-corrected chi connectivity index (χ3v) is 4.12. The van der Waals surface area contributed by atoms with E-state index in [1.54, 1.807) is 18.4 Å². The summed E-state index contributed by atoms with van der Waals surface area (Å²) in [7, 11) is -0.823. The van der Waals surface area contributed by atoms with Crippen molar-refractivity contribution < 1.29 is 13.7 Å². The Balaban J connectivity index is 1.73. The molecule has 0 unspecified atom stereocenters. The van der Waals surface area contributed by atoms with Gasteiger partial charge in [0.2, 0.25) is 0 Å². The van der Waals surface area contributed by atoms with Crippen LogP contribution in [0.3, 0.4) is 0 Å². The standard InChI is InChI=1S/C18H22N2O3S/c1-24(22)13-5-12-19-18(21)20-16-8-10-17(11-9-16)23-14-15-6-3-2-4-7-15/h2-4,6-11H,5,12-14H2,1H3,(H2,19,20,21)/t24-/m0/s1. The van der Waals surface area contributed by atoms with Crippen molar-refractivity contribution in [3.05, 3.63) is 60.2 Å². The second-order valence-electron chi connectivity index (χ2n) is 5.31. The Kier molecular flexibility index (Phi) is 7.29. The fraction of sp³-hybridized carbons (Fsp3) is 0.278. The molecule has 2 N–H and O–H groups in total. The lowest BCUT2D eigenvalue weighted by atomic mass is 10.2. The summed E-state index contributed by atoms with van der Waals surface area (Å²) in [6.07, 6.45) is 2.35. The minimum absolute atomic E-state index is 0.269. The van der Waals surface area contributed by atoms with E-state index in [0.29, 0.717) is 31.0 Å². The zero-order chi connectivity index (χ0) is 17.2. The van der Waals surface area contributed by atoms with Crippen LogP contribution in [0.1, 0.15) is 12.0 Å². The molecule has 0 aliphatic carbocycles. The van der Waals surface area contributed by atoms with Gasteiger partial charge in [-0.15, -0.1) is 0 Å². The predicted molar refractivity (Wildman–Crippen MR) is 97.8 cm³/mol. The second-order valence-corrected chi connectivity index (χ2v) is 6.87. The third kappa shape index (κ3) is 6.83. The highest BCUT2D eigenvalue weighted by Gasteiger charge is 2.02.